The van der Waals surface area contributed by atoms with Gasteiger partial charge in [-0.2, -0.15) is 0 Å². The first-order valence-electron chi connectivity index (χ1n) is 4.73. The van der Waals surface area contributed by atoms with Crippen LogP contribution in [-0.4, -0.2) is 26.3 Å². The Labute approximate surface area is 98.3 Å². The van der Waals surface area contributed by atoms with E-state index in [1.54, 1.807) is 0 Å². The molecule has 0 bridgehead atoms. The standard InChI is InChI=1S/C10H18O4S2/c1-9(2,3)15(11,12)7-8-16(13,14)10(4,5)6/h1-6H3. The molecule has 0 rings (SSSR count). The minimum absolute atomic E-state index is 1.08. The highest BCUT2D eigenvalue weighted by molar-refractivity contribution is 8.00. The molecule has 0 aromatic heterocycles. The summed E-state index contributed by atoms with van der Waals surface area (Å²) in [7, 11) is -7.46. The average molecular weight is 266 g/mol. The smallest absolute Gasteiger partial charge is 0.215 e. The maximum Gasteiger partial charge on any atom is 0.222 e. The van der Waals surface area contributed by atoms with Crippen molar-refractivity contribution in [3.8, 4) is 10.5 Å². The molecule has 0 amide bonds. The summed E-state index contributed by atoms with van der Waals surface area (Å²) in [4.78, 5) is 0. The number of hydrogen-bond acceptors (Lipinski definition) is 4. The van der Waals surface area contributed by atoms with Crippen molar-refractivity contribution in [3.05, 3.63) is 0 Å². The molecule has 0 heterocycles. The molecule has 0 unspecified atom stereocenters. The molecule has 0 aromatic rings. The quantitative estimate of drug-likeness (QED) is 0.620. The number of hydrogen-bond donors (Lipinski definition) is 0. The molecule has 0 spiro atoms. The molecule has 0 aliphatic rings. The van der Waals surface area contributed by atoms with Crippen molar-refractivity contribution in [1.29, 1.82) is 0 Å². The molecule has 16 heavy (non-hydrogen) atoms. The van der Waals surface area contributed by atoms with E-state index in [-0.39, 0.29) is 0 Å². The van der Waals surface area contributed by atoms with E-state index >= 15 is 0 Å². The average Bonchev–Trinajstić information content (AvgIpc) is 1.97. The van der Waals surface area contributed by atoms with Gasteiger partial charge in [0.25, 0.3) is 0 Å². The molecule has 94 valence electrons. The Bertz CT molecular complexity index is 466. The van der Waals surface area contributed by atoms with Gasteiger partial charge in [0.1, 0.15) is 0 Å². The summed E-state index contributed by atoms with van der Waals surface area (Å²) in [5.74, 6) is 0. The first-order chi connectivity index (χ1) is 6.71. The Kier molecular flexibility index (Phi) is 3.91. The van der Waals surface area contributed by atoms with Gasteiger partial charge in [-0.05, 0) is 41.5 Å². The van der Waals surface area contributed by atoms with Gasteiger partial charge in [0.15, 0.2) is 0 Å². The van der Waals surface area contributed by atoms with Gasteiger partial charge in [-0.15, -0.1) is 0 Å². The predicted octanol–water partition coefficient (Wildman–Crippen LogP) is 1.33. The second kappa shape index (κ2) is 4.04. The summed E-state index contributed by atoms with van der Waals surface area (Å²) in [5, 5.41) is 3.76. The lowest BCUT2D eigenvalue weighted by Gasteiger charge is -2.15. The Morgan fingerprint density at radius 2 is 0.812 bits per heavy atom. The summed E-state index contributed by atoms with van der Waals surface area (Å²) in [6.45, 7) is 8.84. The van der Waals surface area contributed by atoms with Crippen molar-refractivity contribution in [2.24, 2.45) is 0 Å². The Morgan fingerprint density at radius 1 is 0.625 bits per heavy atom. The number of sulfone groups is 2. The van der Waals surface area contributed by atoms with Crippen LogP contribution in [0.25, 0.3) is 0 Å². The van der Waals surface area contributed by atoms with Gasteiger partial charge in [-0.3, -0.25) is 0 Å². The van der Waals surface area contributed by atoms with Gasteiger partial charge in [0.2, 0.25) is 19.7 Å². The van der Waals surface area contributed by atoms with Gasteiger partial charge in [0, 0.05) is 10.5 Å². The molecule has 6 heteroatoms. The molecule has 0 aromatic carbocycles. The van der Waals surface area contributed by atoms with Crippen LogP contribution in [0.1, 0.15) is 41.5 Å². The topological polar surface area (TPSA) is 68.3 Å². The highest BCUT2D eigenvalue weighted by Crippen LogP contribution is 2.17. The van der Waals surface area contributed by atoms with E-state index in [9.17, 15) is 16.8 Å². The fourth-order valence-corrected chi connectivity index (χ4v) is 1.91. The van der Waals surface area contributed by atoms with Crippen molar-refractivity contribution >= 4 is 19.7 Å². The molecule has 0 saturated carbocycles. The van der Waals surface area contributed by atoms with Crippen LogP contribution in [0, 0.1) is 10.5 Å². The monoisotopic (exact) mass is 266 g/mol. The van der Waals surface area contributed by atoms with Gasteiger partial charge in [0.05, 0.1) is 9.49 Å². The fraction of sp³-hybridized carbons (Fsp3) is 0.800. The second-order valence-electron chi connectivity index (χ2n) is 5.44. The SMILES string of the molecule is CC(C)(C)S(=O)(=O)C#CS(=O)(=O)C(C)(C)C. The van der Waals surface area contributed by atoms with Crippen molar-refractivity contribution in [2.75, 3.05) is 0 Å². The van der Waals surface area contributed by atoms with Gasteiger partial charge < -0.3 is 0 Å². The van der Waals surface area contributed by atoms with E-state index in [2.05, 4.69) is 0 Å². The van der Waals surface area contributed by atoms with Gasteiger partial charge in [-0.1, -0.05) is 0 Å². The lowest BCUT2D eigenvalue weighted by Crippen LogP contribution is -2.28. The summed E-state index contributed by atoms with van der Waals surface area (Å²) in [6.07, 6.45) is 0. The minimum atomic E-state index is -3.73. The molecule has 4 nitrogen and oxygen atoms in total. The van der Waals surface area contributed by atoms with Crippen LogP contribution in [0.4, 0.5) is 0 Å². The summed E-state index contributed by atoms with van der Waals surface area (Å²) >= 11 is 0. The third-order valence-corrected chi connectivity index (χ3v) is 6.02. The van der Waals surface area contributed by atoms with Crippen molar-refractivity contribution < 1.29 is 16.8 Å². The van der Waals surface area contributed by atoms with Crippen molar-refractivity contribution in [1.82, 2.24) is 0 Å². The Morgan fingerprint density at radius 3 is 0.938 bits per heavy atom. The summed E-state index contributed by atoms with van der Waals surface area (Å²) < 4.78 is 44.2. The van der Waals surface area contributed by atoms with E-state index in [1.165, 1.54) is 41.5 Å². The molecule has 0 radical (unpaired) electrons. The highest BCUT2D eigenvalue weighted by Gasteiger charge is 2.30. The first-order valence-corrected chi connectivity index (χ1v) is 7.70. The zero-order valence-electron chi connectivity index (χ0n) is 10.4. The minimum Gasteiger partial charge on any atom is -0.215 e. The van der Waals surface area contributed by atoms with Crippen LogP contribution in [0.15, 0.2) is 0 Å². The van der Waals surface area contributed by atoms with Gasteiger partial charge in [-0.25, -0.2) is 16.8 Å². The Hall–Kier alpha value is -0.540. The lowest BCUT2D eigenvalue weighted by atomic mass is 10.3. The molecule has 0 fully saturated rings. The molecule has 0 aliphatic heterocycles. The van der Waals surface area contributed by atoms with Gasteiger partial charge >= 0.3 is 0 Å². The zero-order valence-corrected chi connectivity index (χ0v) is 12.1. The fourth-order valence-electron chi connectivity index (χ4n) is 0.416. The highest BCUT2D eigenvalue weighted by atomic mass is 32.2. The second-order valence-corrected chi connectivity index (χ2v) is 10.3. The largest absolute Gasteiger partial charge is 0.222 e. The first kappa shape index (κ1) is 15.5. The van der Waals surface area contributed by atoms with Crippen molar-refractivity contribution in [2.45, 2.75) is 51.0 Å². The van der Waals surface area contributed by atoms with E-state index in [1.807, 2.05) is 10.5 Å². The Balaban J connectivity index is 5.54. The molecule has 0 atom stereocenters. The third kappa shape index (κ3) is 3.49. The van der Waals surface area contributed by atoms with E-state index < -0.39 is 29.2 Å². The molecule has 0 N–H and O–H groups in total. The van der Waals surface area contributed by atoms with Crippen LogP contribution >= 0.6 is 0 Å². The van der Waals surface area contributed by atoms with Crippen LogP contribution in [0.5, 0.6) is 0 Å². The van der Waals surface area contributed by atoms with Crippen molar-refractivity contribution in [3.63, 3.8) is 0 Å². The van der Waals surface area contributed by atoms with E-state index in [0.29, 0.717) is 0 Å². The van der Waals surface area contributed by atoms with Crippen LogP contribution in [0.3, 0.4) is 0 Å². The van der Waals surface area contributed by atoms with E-state index in [0.717, 1.165) is 0 Å². The molecular weight excluding hydrogens is 248 g/mol. The molecule has 0 aliphatic carbocycles. The molecule has 0 saturated heterocycles. The van der Waals surface area contributed by atoms with Crippen LogP contribution in [0.2, 0.25) is 0 Å². The molecular formula is C10H18O4S2. The predicted molar refractivity (Wildman–Crippen MR) is 65.1 cm³/mol. The number of rotatable bonds is 0. The zero-order chi connectivity index (χ0) is 13.4. The van der Waals surface area contributed by atoms with Crippen LogP contribution in [-0.2, 0) is 19.7 Å². The summed E-state index contributed by atoms with van der Waals surface area (Å²) in [5.41, 5.74) is 0. The maximum absolute atomic E-state index is 11.6. The normalized spacial score (nSPS) is 14.1. The third-order valence-electron chi connectivity index (χ3n) is 1.92. The summed E-state index contributed by atoms with van der Waals surface area (Å²) in [6, 6.07) is 0. The van der Waals surface area contributed by atoms with E-state index in [4.69, 9.17) is 0 Å². The maximum atomic E-state index is 11.6. The van der Waals surface area contributed by atoms with Crippen LogP contribution < -0.4 is 0 Å². The lowest BCUT2D eigenvalue weighted by molar-refractivity contribution is 0.569.